The molecule has 0 bridgehead atoms. The third-order valence-corrected chi connectivity index (χ3v) is 4.56. The van der Waals surface area contributed by atoms with Crippen molar-refractivity contribution >= 4 is 15.9 Å². The second kappa shape index (κ2) is 5.95. The third kappa shape index (κ3) is 3.21. The lowest BCUT2D eigenvalue weighted by Crippen LogP contribution is -2.49. The van der Waals surface area contributed by atoms with Crippen LogP contribution in [0.1, 0.15) is 31.6 Å². The van der Waals surface area contributed by atoms with Gasteiger partial charge < -0.3 is 14.5 Å². The Hall–Kier alpha value is -0.360. The minimum Gasteiger partial charge on any atom is -0.453 e. The van der Waals surface area contributed by atoms with Crippen molar-refractivity contribution in [1.82, 2.24) is 10.2 Å². The fourth-order valence-corrected chi connectivity index (χ4v) is 3.30. The number of nitrogens with one attached hydrogen (secondary N) is 1. The van der Waals surface area contributed by atoms with E-state index in [2.05, 4.69) is 33.1 Å². The molecule has 106 valence electrons. The van der Waals surface area contributed by atoms with Crippen LogP contribution in [0.4, 0.5) is 0 Å². The van der Waals surface area contributed by atoms with Crippen molar-refractivity contribution in [3.05, 3.63) is 22.6 Å². The highest BCUT2D eigenvalue weighted by molar-refractivity contribution is 9.10. The third-order valence-electron chi connectivity index (χ3n) is 4.13. The van der Waals surface area contributed by atoms with Crippen molar-refractivity contribution in [2.45, 2.75) is 38.0 Å². The Balaban J connectivity index is 1.47. The van der Waals surface area contributed by atoms with Crippen LogP contribution in [0.3, 0.4) is 0 Å². The van der Waals surface area contributed by atoms with E-state index in [1.165, 1.54) is 19.4 Å². The molecule has 0 spiro atoms. The summed E-state index contributed by atoms with van der Waals surface area (Å²) in [6, 6.07) is 4.82. The maximum absolute atomic E-state index is 5.94. The first-order valence-electron chi connectivity index (χ1n) is 7.06. The van der Waals surface area contributed by atoms with Crippen LogP contribution in [0.15, 0.2) is 21.2 Å². The quantitative estimate of drug-likeness (QED) is 0.921. The van der Waals surface area contributed by atoms with E-state index in [-0.39, 0.29) is 6.04 Å². The van der Waals surface area contributed by atoms with Crippen LogP contribution in [-0.2, 0) is 4.74 Å². The highest BCUT2D eigenvalue weighted by Gasteiger charge is 2.32. The Bertz CT molecular complexity index is 423. The molecule has 0 aromatic carbocycles. The van der Waals surface area contributed by atoms with Gasteiger partial charge in [-0.1, -0.05) is 0 Å². The average molecular weight is 329 g/mol. The molecule has 0 radical (unpaired) electrons. The second-order valence-electron chi connectivity index (χ2n) is 5.52. The molecule has 1 N–H and O–H groups in total. The van der Waals surface area contributed by atoms with Crippen LogP contribution in [0.25, 0.3) is 0 Å². The predicted molar refractivity (Wildman–Crippen MR) is 77.2 cm³/mol. The van der Waals surface area contributed by atoms with E-state index in [0.29, 0.717) is 12.1 Å². The van der Waals surface area contributed by atoms with Crippen molar-refractivity contribution in [2.75, 3.05) is 26.2 Å². The van der Waals surface area contributed by atoms with E-state index < -0.39 is 0 Å². The molecule has 2 saturated heterocycles. The molecule has 4 nitrogen and oxygen atoms in total. The van der Waals surface area contributed by atoms with Gasteiger partial charge >= 0.3 is 0 Å². The molecule has 3 rings (SSSR count). The molecule has 2 aliphatic heterocycles. The summed E-state index contributed by atoms with van der Waals surface area (Å²) < 4.78 is 12.3. The average Bonchev–Trinajstić information content (AvgIpc) is 3.03. The van der Waals surface area contributed by atoms with Crippen LogP contribution >= 0.6 is 15.9 Å². The zero-order valence-electron chi connectivity index (χ0n) is 11.3. The number of nitrogens with zero attached hydrogens (tertiary/aromatic N) is 1. The topological polar surface area (TPSA) is 37.6 Å². The number of rotatable bonds is 4. The smallest absolute Gasteiger partial charge is 0.169 e. The SMILES string of the molecule is CC(NCC1CN2CCCC2CO1)c1ccc(Br)o1. The molecule has 1 aromatic rings. The van der Waals surface area contributed by atoms with E-state index in [9.17, 15) is 0 Å². The van der Waals surface area contributed by atoms with Crippen LogP contribution in [0, 0.1) is 0 Å². The Morgan fingerprint density at radius 1 is 1.53 bits per heavy atom. The first kappa shape index (κ1) is 13.6. The molecule has 3 atom stereocenters. The molecule has 1 aromatic heterocycles. The summed E-state index contributed by atoms with van der Waals surface area (Å²) >= 11 is 3.33. The minimum atomic E-state index is 0.214. The molecule has 0 amide bonds. The normalized spacial score (nSPS) is 29.4. The summed E-state index contributed by atoms with van der Waals surface area (Å²) in [4.78, 5) is 2.57. The van der Waals surface area contributed by atoms with Gasteiger partial charge in [-0.2, -0.15) is 0 Å². The van der Waals surface area contributed by atoms with Gasteiger partial charge in [-0.15, -0.1) is 0 Å². The van der Waals surface area contributed by atoms with Gasteiger partial charge in [-0.05, 0) is 54.4 Å². The summed E-state index contributed by atoms with van der Waals surface area (Å²) in [5.41, 5.74) is 0. The van der Waals surface area contributed by atoms with Crippen LogP contribution in [0.5, 0.6) is 0 Å². The highest BCUT2D eigenvalue weighted by Crippen LogP contribution is 2.23. The number of morpholine rings is 1. The van der Waals surface area contributed by atoms with Crippen LogP contribution in [0.2, 0.25) is 0 Å². The number of halogens is 1. The maximum Gasteiger partial charge on any atom is 0.169 e. The van der Waals surface area contributed by atoms with E-state index in [1.54, 1.807) is 0 Å². The summed E-state index contributed by atoms with van der Waals surface area (Å²) in [6.45, 7) is 6.19. The second-order valence-corrected chi connectivity index (χ2v) is 6.30. The van der Waals surface area contributed by atoms with E-state index in [4.69, 9.17) is 9.15 Å². The van der Waals surface area contributed by atoms with Crippen molar-refractivity contribution in [3.8, 4) is 0 Å². The number of furan rings is 1. The molecule has 3 unspecified atom stereocenters. The summed E-state index contributed by atoms with van der Waals surface area (Å²) in [5, 5.41) is 3.50. The number of fused-ring (bicyclic) bond motifs is 1. The Labute approximate surface area is 122 Å². The lowest BCUT2D eigenvalue weighted by molar-refractivity contribution is -0.0479. The fourth-order valence-electron chi connectivity index (χ4n) is 2.98. The van der Waals surface area contributed by atoms with Crippen molar-refractivity contribution < 1.29 is 9.15 Å². The molecule has 5 heteroatoms. The maximum atomic E-state index is 5.94. The van der Waals surface area contributed by atoms with Gasteiger partial charge in [0.15, 0.2) is 4.67 Å². The number of hydrogen-bond donors (Lipinski definition) is 1. The van der Waals surface area contributed by atoms with Crippen molar-refractivity contribution in [2.24, 2.45) is 0 Å². The number of hydrogen-bond acceptors (Lipinski definition) is 4. The van der Waals surface area contributed by atoms with Gasteiger partial charge in [0.1, 0.15) is 5.76 Å². The van der Waals surface area contributed by atoms with Crippen LogP contribution < -0.4 is 5.32 Å². The molecular weight excluding hydrogens is 308 g/mol. The van der Waals surface area contributed by atoms with Gasteiger partial charge in [0.2, 0.25) is 0 Å². The molecule has 0 aliphatic carbocycles. The number of ether oxygens (including phenoxy) is 1. The lowest BCUT2D eigenvalue weighted by Gasteiger charge is -2.35. The summed E-state index contributed by atoms with van der Waals surface area (Å²) in [5.74, 6) is 0.960. The zero-order chi connectivity index (χ0) is 13.2. The summed E-state index contributed by atoms with van der Waals surface area (Å²) in [6.07, 6.45) is 2.93. The van der Waals surface area contributed by atoms with Gasteiger partial charge in [0.25, 0.3) is 0 Å². The molecular formula is C14H21BrN2O2. The van der Waals surface area contributed by atoms with Gasteiger partial charge in [0.05, 0.1) is 18.8 Å². The van der Waals surface area contributed by atoms with E-state index in [0.717, 1.165) is 30.1 Å². The van der Waals surface area contributed by atoms with E-state index >= 15 is 0 Å². The van der Waals surface area contributed by atoms with Crippen LogP contribution in [-0.4, -0.2) is 43.3 Å². The highest BCUT2D eigenvalue weighted by atomic mass is 79.9. The van der Waals surface area contributed by atoms with Gasteiger partial charge in [-0.3, -0.25) is 4.90 Å². The Morgan fingerprint density at radius 3 is 3.21 bits per heavy atom. The standard InChI is InChI=1S/C14H21BrN2O2/c1-10(13-4-5-14(15)19-13)16-7-12-8-17-6-2-3-11(17)9-18-12/h4-5,10-12,16H,2-3,6-9H2,1H3. The predicted octanol–water partition coefficient (Wildman–Crippen LogP) is 2.56. The van der Waals surface area contributed by atoms with Gasteiger partial charge in [-0.25, -0.2) is 0 Å². The molecule has 0 saturated carbocycles. The largest absolute Gasteiger partial charge is 0.453 e. The molecule has 2 aliphatic rings. The molecule has 3 heterocycles. The van der Waals surface area contributed by atoms with E-state index in [1.807, 2.05) is 12.1 Å². The first-order valence-corrected chi connectivity index (χ1v) is 7.86. The zero-order valence-corrected chi connectivity index (χ0v) is 12.9. The summed E-state index contributed by atoms with van der Waals surface area (Å²) in [7, 11) is 0. The monoisotopic (exact) mass is 328 g/mol. The molecule has 2 fully saturated rings. The minimum absolute atomic E-state index is 0.214. The van der Waals surface area contributed by atoms with Crippen molar-refractivity contribution in [1.29, 1.82) is 0 Å². The lowest BCUT2D eigenvalue weighted by atomic mass is 10.2. The van der Waals surface area contributed by atoms with Crippen molar-refractivity contribution in [3.63, 3.8) is 0 Å². The first-order chi connectivity index (χ1) is 9.22. The Kier molecular flexibility index (Phi) is 4.27. The van der Waals surface area contributed by atoms with Gasteiger partial charge in [0, 0.05) is 19.1 Å². The fraction of sp³-hybridized carbons (Fsp3) is 0.714. The molecule has 19 heavy (non-hydrogen) atoms. The Morgan fingerprint density at radius 2 is 2.42 bits per heavy atom.